The molecule has 8 nitrogen and oxygen atoms in total. The van der Waals surface area contributed by atoms with E-state index in [1.807, 2.05) is 13.0 Å². The molecule has 3 amide bonds. The highest BCUT2D eigenvalue weighted by atomic mass is 19.1. The summed E-state index contributed by atoms with van der Waals surface area (Å²) < 4.78 is 18.7. The van der Waals surface area contributed by atoms with Gasteiger partial charge in [-0.2, -0.15) is 0 Å². The molecule has 0 bridgehead atoms. The zero-order chi connectivity index (χ0) is 25.9. The van der Waals surface area contributed by atoms with Crippen LogP contribution < -0.4 is 15.5 Å². The lowest BCUT2D eigenvalue weighted by atomic mass is 10.0. The van der Waals surface area contributed by atoms with Crippen LogP contribution in [0.25, 0.3) is 0 Å². The van der Waals surface area contributed by atoms with Gasteiger partial charge in [0, 0.05) is 38.4 Å². The van der Waals surface area contributed by atoms with Crippen molar-refractivity contribution in [3.63, 3.8) is 0 Å². The summed E-state index contributed by atoms with van der Waals surface area (Å²) in [6, 6.07) is 16.6. The maximum atomic E-state index is 13.7. The van der Waals surface area contributed by atoms with E-state index in [-0.39, 0.29) is 31.9 Å². The third-order valence-electron chi connectivity index (χ3n) is 5.34. The van der Waals surface area contributed by atoms with Crippen LogP contribution in [-0.2, 0) is 19.1 Å². The van der Waals surface area contributed by atoms with E-state index < -0.39 is 23.7 Å². The first-order valence-electron chi connectivity index (χ1n) is 11.5. The summed E-state index contributed by atoms with van der Waals surface area (Å²) in [4.78, 5) is 44.8. The molecule has 1 atom stereocenters. The number of pyridine rings is 1. The van der Waals surface area contributed by atoms with Crippen molar-refractivity contribution in [2.45, 2.75) is 25.8 Å². The quantitative estimate of drug-likeness (QED) is 0.397. The second kappa shape index (κ2) is 13.1. The molecule has 9 heteroatoms. The molecule has 0 aliphatic carbocycles. The Morgan fingerprint density at radius 2 is 1.81 bits per heavy atom. The van der Waals surface area contributed by atoms with Gasteiger partial charge in [0.15, 0.2) is 0 Å². The summed E-state index contributed by atoms with van der Waals surface area (Å²) in [6.45, 7) is 2.39. The van der Waals surface area contributed by atoms with E-state index in [9.17, 15) is 18.8 Å². The average molecular weight is 493 g/mol. The fraction of sp³-hybridized carbons (Fsp3) is 0.259. The standard InChI is InChI=1S/C27H29FN4O4/c1-19-6-5-7-22(18-19)32(25(34)14-13-24(33)31-23-8-3-4-15-29-23)26(27(35)30-16-17-36-2)20-9-11-21(28)12-10-20/h3-12,15,18,26H,13-14,16-17H2,1-2H3,(H,30,35)(H,29,31,33)/t26-/m1/s1. The molecule has 0 aliphatic heterocycles. The Hall–Kier alpha value is -4.11. The highest BCUT2D eigenvalue weighted by Gasteiger charge is 2.33. The lowest BCUT2D eigenvalue weighted by molar-refractivity contribution is -0.127. The highest BCUT2D eigenvalue weighted by molar-refractivity contribution is 6.03. The normalized spacial score (nSPS) is 11.4. The molecule has 0 unspecified atom stereocenters. The van der Waals surface area contributed by atoms with Gasteiger partial charge < -0.3 is 15.4 Å². The minimum atomic E-state index is -1.09. The first-order valence-corrected chi connectivity index (χ1v) is 11.5. The van der Waals surface area contributed by atoms with E-state index in [0.29, 0.717) is 17.1 Å². The molecule has 0 aliphatic rings. The van der Waals surface area contributed by atoms with Crippen molar-refractivity contribution in [1.82, 2.24) is 10.3 Å². The van der Waals surface area contributed by atoms with Gasteiger partial charge in [0.05, 0.1) is 6.61 Å². The van der Waals surface area contributed by atoms with Gasteiger partial charge >= 0.3 is 0 Å². The van der Waals surface area contributed by atoms with Gasteiger partial charge in [0.2, 0.25) is 17.7 Å². The van der Waals surface area contributed by atoms with Crippen molar-refractivity contribution < 1.29 is 23.5 Å². The minimum Gasteiger partial charge on any atom is -0.383 e. The summed E-state index contributed by atoms with van der Waals surface area (Å²) in [5.74, 6) is -1.35. The molecular weight excluding hydrogens is 463 g/mol. The van der Waals surface area contributed by atoms with Crippen LogP contribution in [0.15, 0.2) is 72.9 Å². The number of benzene rings is 2. The molecule has 0 fully saturated rings. The predicted octanol–water partition coefficient (Wildman–Crippen LogP) is 3.78. The molecule has 3 aromatic rings. The maximum Gasteiger partial charge on any atom is 0.247 e. The molecule has 1 heterocycles. The number of nitrogens with one attached hydrogen (secondary N) is 2. The Balaban J connectivity index is 1.90. The van der Waals surface area contributed by atoms with E-state index in [1.165, 1.54) is 36.3 Å². The Morgan fingerprint density at radius 3 is 2.47 bits per heavy atom. The largest absolute Gasteiger partial charge is 0.383 e. The summed E-state index contributed by atoms with van der Waals surface area (Å²) in [5.41, 5.74) is 1.80. The van der Waals surface area contributed by atoms with Crippen molar-refractivity contribution in [3.8, 4) is 0 Å². The Bertz CT molecular complexity index is 1170. The van der Waals surface area contributed by atoms with Crippen LogP contribution in [0.4, 0.5) is 15.9 Å². The maximum absolute atomic E-state index is 13.7. The molecular formula is C27H29FN4O4. The van der Waals surface area contributed by atoms with E-state index in [4.69, 9.17) is 4.74 Å². The molecule has 0 radical (unpaired) electrons. The number of carbonyl (C=O) groups excluding carboxylic acids is 3. The van der Waals surface area contributed by atoms with Gasteiger partial charge in [0.25, 0.3) is 0 Å². The summed E-state index contributed by atoms with van der Waals surface area (Å²) in [7, 11) is 1.52. The van der Waals surface area contributed by atoms with Gasteiger partial charge in [0.1, 0.15) is 17.7 Å². The first-order chi connectivity index (χ1) is 17.4. The number of aryl methyl sites for hydroxylation is 1. The lowest BCUT2D eigenvalue weighted by Gasteiger charge is -2.32. The summed E-state index contributed by atoms with van der Waals surface area (Å²) in [6.07, 6.45) is 1.28. The van der Waals surface area contributed by atoms with Crippen molar-refractivity contribution in [1.29, 1.82) is 0 Å². The zero-order valence-corrected chi connectivity index (χ0v) is 20.2. The molecule has 188 valence electrons. The molecule has 2 aromatic carbocycles. The Labute approximate surface area is 209 Å². The fourth-order valence-electron chi connectivity index (χ4n) is 3.63. The monoisotopic (exact) mass is 492 g/mol. The number of hydrogen-bond acceptors (Lipinski definition) is 5. The number of nitrogens with zero attached hydrogens (tertiary/aromatic N) is 2. The molecule has 0 saturated heterocycles. The van der Waals surface area contributed by atoms with Crippen LogP contribution in [0, 0.1) is 12.7 Å². The van der Waals surface area contributed by atoms with Crippen LogP contribution in [-0.4, -0.2) is 43.0 Å². The van der Waals surface area contributed by atoms with Crippen LogP contribution in [0.3, 0.4) is 0 Å². The molecule has 36 heavy (non-hydrogen) atoms. The number of aromatic nitrogens is 1. The molecule has 0 spiro atoms. The second-order valence-corrected chi connectivity index (χ2v) is 8.10. The third kappa shape index (κ3) is 7.44. The minimum absolute atomic E-state index is 0.112. The molecule has 2 N–H and O–H groups in total. The number of carbonyl (C=O) groups is 3. The zero-order valence-electron chi connectivity index (χ0n) is 20.2. The number of methoxy groups -OCH3 is 1. The van der Waals surface area contributed by atoms with Crippen molar-refractivity contribution in [2.75, 3.05) is 30.5 Å². The lowest BCUT2D eigenvalue weighted by Crippen LogP contribution is -2.45. The first kappa shape index (κ1) is 26.5. The van der Waals surface area contributed by atoms with Crippen LogP contribution in [0.5, 0.6) is 0 Å². The number of rotatable bonds is 11. The molecule has 3 rings (SSSR count). The number of hydrogen-bond donors (Lipinski definition) is 2. The topological polar surface area (TPSA) is 101 Å². The fourth-order valence-corrected chi connectivity index (χ4v) is 3.63. The average Bonchev–Trinajstić information content (AvgIpc) is 2.87. The van der Waals surface area contributed by atoms with Crippen molar-refractivity contribution in [3.05, 3.63) is 89.9 Å². The van der Waals surface area contributed by atoms with Gasteiger partial charge in [-0.05, 0) is 54.4 Å². The highest BCUT2D eigenvalue weighted by Crippen LogP contribution is 2.30. The SMILES string of the molecule is COCCNC(=O)[C@@H](c1ccc(F)cc1)N(C(=O)CCC(=O)Nc1ccccn1)c1cccc(C)c1. The van der Waals surface area contributed by atoms with E-state index in [2.05, 4.69) is 15.6 Å². The van der Waals surface area contributed by atoms with Gasteiger partial charge in [-0.1, -0.05) is 30.3 Å². The van der Waals surface area contributed by atoms with E-state index in [1.54, 1.807) is 42.6 Å². The summed E-state index contributed by atoms with van der Waals surface area (Å²) in [5, 5.41) is 5.43. The van der Waals surface area contributed by atoms with Crippen LogP contribution in [0.1, 0.15) is 30.0 Å². The number of ether oxygens (including phenoxy) is 1. The third-order valence-corrected chi connectivity index (χ3v) is 5.34. The second-order valence-electron chi connectivity index (χ2n) is 8.10. The van der Waals surface area contributed by atoms with Crippen molar-refractivity contribution in [2.24, 2.45) is 0 Å². The van der Waals surface area contributed by atoms with Crippen LogP contribution >= 0.6 is 0 Å². The number of halogens is 1. The smallest absolute Gasteiger partial charge is 0.247 e. The Morgan fingerprint density at radius 1 is 1.03 bits per heavy atom. The van der Waals surface area contributed by atoms with E-state index >= 15 is 0 Å². The molecule has 0 saturated carbocycles. The van der Waals surface area contributed by atoms with Gasteiger partial charge in [-0.25, -0.2) is 9.37 Å². The van der Waals surface area contributed by atoms with E-state index in [0.717, 1.165) is 5.56 Å². The number of anilines is 2. The van der Waals surface area contributed by atoms with Gasteiger partial charge in [-0.3, -0.25) is 19.3 Å². The molecule has 1 aromatic heterocycles. The Kier molecular flexibility index (Phi) is 9.64. The predicted molar refractivity (Wildman–Crippen MR) is 135 cm³/mol. The summed E-state index contributed by atoms with van der Waals surface area (Å²) >= 11 is 0. The van der Waals surface area contributed by atoms with Crippen molar-refractivity contribution >= 4 is 29.2 Å². The number of amides is 3. The van der Waals surface area contributed by atoms with Crippen LogP contribution in [0.2, 0.25) is 0 Å². The van der Waals surface area contributed by atoms with Gasteiger partial charge in [-0.15, -0.1) is 0 Å².